The lowest BCUT2D eigenvalue weighted by molar-refractivity contribution is -0.121. The van der Waals surface area contributed by atoms with E-state index in [-0.39, 0.29) is 23.8 Å². The fourth-order valence-electron chi connectivity index (χ4n) is 4.28. The lowest BCUT2D eigenvalue weighted by Gasteiger charge is -2.31. The van der Waals surface area contributed by atoms with Gasteiger partial charge in [0, 0.05) is 30.8 Å². The Hall–Kier alpha value is -3.09. The van der Waals surface area contributed by atoms with E-state index < -0.39 is 0 Å². The third-order valence-corrected chi connectivity index (χ3v) is 6.08. The number of rotatable bonds is 6. The van der Waals surface area contributed by atoms with Crippen LogP contribution in [0.5, 0.6) is 11.5 Å². The molecule has 0 unspecified atom stereocenters. The van der Waals surface area contributed by atoms with Crippen molar-refractivity contribution < 1.29 is 19.1 Å². The van der Waals surface area contributed by atoms with Crippen molar-refractivity contribution in [3.05, 3.63) is 48.2 Å². The Morgan fingerprint density at radius 2 is 1.81 bits per heavy atom. The first-order valence-corrected chi connectivity index (χ1v) is 11.0. The summed E-state index contributed by atoms with van der Waals surface area (Å²) < 4.78 is 11.6. The molecular formula is C24H29N3O4. The predicted molar refractivity (Wildman–Crippen MR) is 117 cm³/mol. The lowest BCUT2D eigenvalue weighted by atomic mass is 9.95. The molecule has 1 aromatic heterocycles. The number of carbonyl (C=O) groups excluding carboxylic acids is 2. The Morgan fingerprint density at radius 3 is 2.48 bits per heavy atom. The maximum atomic E-state index is 13.0. The second-order valence-corrected chi connectivity index (χ2v) is 8.16. The summed E-state index contributed by atoms with van der Waals surface area (Å²) in [6, 6.07) is 10.8. The minimum absolute atomic E-state index is 0.0408. The van der Waals surface area contributed by atoms with E-state index in [2.05, 4.69) is 10.3 Å². The maximum absolute atomic E-state index is 13.0. The third kappa shape index (κ3) is 5.16. The molecule has 4 rings (SSSR count). The number of amides is 2. The molecule has 2 fully saturated rings. The van der Waals surface area contributed by atoms with Gasteiger partial charge in [-0.05, 0) is 68.9 Å². The van der Waals surface area contributed by atoms with Crippen LogP contribution in [0.15, 0.2) is 42.6 Å². The van der Waals surface area contributed by atoms with Crippen molar-refractivity contribution >= 4 is 17.6 Å². The molecule has 2 aromatic rings. The first kappa shape index (κ1) is 21.2. The zero-order chi connectivity index (χ0) is 21.6. The van der Waals surface area contributed by atoms with Crippen molar-refractivity contribution in [2.75, 3.05) is 25.5 Å². The molecule has 0 radical (unpaired) electrons. The molecule has 2 aliphatic rings. The first-order valence-electron chi connectivity index (χ1n) is 11.0. The SMILES string of the molecule is COc1cc(C(=O)N2CCC(C(=O)Nc3ccccn3)CC2)ccc1OC1CCCC1. The summed E-state index contributed by atoms with van der Waals surface area (Å²) >= 11 is 0. The van der Waals surface area contributed by atoms with E-state index in [0.29, 0.717) is 48.8 Å². The van der Waals surface area contributed by atoms with E-state index in [4.69, 9.17) is 9.47 Å². The molecule has 1 aromatic carbocycles. The molecule has 1 saturated carbocycles. The summed E-state index contributed by atoms with van der Waals surface area (Å²) in [5.74, 6) is 1.62. The van der Waals surface area contributed by atoms with Crippen molar-refractivity contribution in [3.8, 4) is 11.5 Å². The Kier molecular flexibility index (Phi) is 6.70. The van der Waals surface area contributed by atoms with Gasteiger partial charge in [-0.1, -0.05) is 6.07 Å². The number of aromatic nitrogens is 1. The van der Waals surface area contributed by atoms with Gasteiger partial charge in [0.15, 0.2) is 11.5 Å². The van der Waals surface area contributed by atoms with Crippen LogP contribution in [-0.2, 0) is 4.79 Å². The number of hydrogen-bond donors (Lipinski definition) is 1. The standard InChI is InChI=1S/C24H29N3O4/c1-30-21-16-18(9-10-20(21)31-19-6-2-3-7-19)24(29)27-14-11-17(12-15-27)23(28)26-22-8-4-5-13-25-22/h4-5,8-10,13,16-17,19H,2-3,6-7,11-12,14-15H2,1H3,(H,25,26,28). The van der Waals surface area contributed by atoms with Gasteiger partial charge in [0.2, 0.25) is 5.91 Å². The molecule has 31 heavy (non-hydrogen) atoms. The van der Waals surface area contributed by atoms with Crippen LogP contribution in [-0.4, -0.2) is 48.0 Å². The minimum atomic E-state index is -0.122. The van der Waals surface area contributed by atoms with E-state index in [1.54, 1.807) is 36.4 Å². The van der Waals surface area contributed by atoms with Gasteiger partial charge in [0.1, 0.15) is 5.82 Å². The highest BCUT2D eigenvalue weighted by atomic mass is 16.5. The summed E-state index contributed by atoms with van der Waals surface area (Å²) in [7, 11) is 1.59. The number of methoxy groups -OCH3 is 1. The van der Waals surface area contributed by atoms with Gasteiger partial charge >= 0.3 is 0 Å². The number of benzene rings is 1. The fraction of sp³-hybridized carbons (Fsp3) is 0.458. The van der Waals surface area contributed by atoms with Crippen molar-refractivity contribution in [1.29, 1.82) is 0 Å². The molecule has 7 heteroatoms. The van der Waals surface area contributed by atoms with Crippen LogP contribution in [0.25, 0.3) is 0 Å². The second-order valence-electron chi connectivity index (χ2n) is 8.16. The zero-order valence-electron chi connectivity index (χ0n) is 17.9. The van der Waals surface area contributed by atoms with Gasteiger partial charge in [-0.2, -0.15) is 0 Å². The molecule has 0 spiro atoms. The Bertz CT molecular complexity index is 904. The Morgan fingerprint density at radius 1 is 1.03 bits per heavy atom. The first-order chi connectivity index (χ1) is 15.1. The van der Waals surface area contributed by atoms with Gasteiger partial charge in [-0.15, -0.1) is 0 Å². The number of piperidine rings is 1. The molecule has 7 nitrogen and oxygen atoms in total. The van der Waals surface area contributed by atoms with E-state index in [9.17, 15) is 9.59 Å². The molecule has 1 N–H and O–H groups in total. The van der Waals surface area contributed by atoms with Gasteiger partial charge in [0.25, 0.3) is 5.91 Å². The lowest BCUT2D eigenvalue weighted by Crippen LogP contribution is -2.41. The van der Waals surface area contributed by atoms with Crippen molar-refractivity contribution in [3.63, 3.8) is 0 Å². The maximum Gasteiger partial charge on any atom is 0.253 e. The van der Waals surface area contributed by atoms with Crippen molar-refractivity contribution in [1.82, 2.24) is 9.88 Å². The van der Waals surface area contributed by atoms with Crippen LogP contribution in [0.4, 0.5) is 5.82 Å². The largest absolute Gasteiger partial charge is 0.493 e. The number of nitrogens with one attached hydrogen (secondary N) is 1. The molecule has 0 atom stereocenters. The van der Waals surface area contributed by atoms with E-state index in [1.807, 2.05) is 18.2 Å². The highest BCUT2D eigenvalue weighted by Gasteiger charge is 2.28. The Labute approximate surface area is 182 Å². The van der Waals surface area contributed by atoms with E-state index in [0.717, 1.165) is 12.8 Å². The average molecular weight is 424 g/mol. The number of anilines is 1. The highest BCUT2D eigenvalue weighted by Crippen LogP contribution is 2.33. The molecule has 2 amide bonds. The van der Waals surface area contributed by atoms with Crippen molar-refractivity contribution in [2.24, 2.45) is 5.92 Å². The number of nitrogens with zero attached hydrogens (tertiary/aromatic N) is 2. The van der Waals surface area contributed by atoms with Crippen LogP contribution >= 0.6 is 0 Å². The normalized spacial score (nSPS) is 17.4. The average Bonchev–Trinajstić information content (AvgIpc) is 3.33. The summed E-state index contributed by atoms with van der Waals surface area (Å²) in [5, 5.41) is 2.85. The van der Waals surface area contributed by atoms with Gasteiger partial charge in [-0.3, -0.25) is 9.59 Å². The number of hydrogen-bond acceptors (Lipinski definition) is 5. The molecule has 1 saturated heterocycles. The molecule has 0 bridgehead atoms. The quantitative estimate of drug-likeness (QED) is 0.762. The number of pyridine rings is 1. The van der Waals surface area contributed by atoms with Gasteiger partial charge in [0.05, 0.1) is 13.2 Å². The second kappa shape index (κ2) is 9.81. The zero-order valence-corrected chi connectivity index (χ0v) is 17.9. The highest BCUT2D eigenvalue weighted by molar-refractivity contribution is 5.95. The van der Waals surface area contributed by atoms with Crippen molar-refractivity contribution in [2.45, 2.75) is 44.6 Å². The van der Waals surface area contributed by atoms with Crippen LogP contribution in [0.3, 0.4) is 0 Å². The van der Waals surface area contributed by atoms with E-state index in [1.165, 1.54) is 12.8 Å². The monoisotopic (exact) mass is 423 g/mol. The topological polar surface area (TPSA) is 80.8 Å². The Balaban J connectivity index is 1.34. The fourth-order valence-corrected chi connectivity index (χ4v) is 4.28. The van der Waals surface area contributed by atoms with Crippen LogP contribution < -0.4 is 14.8 Å². The number of ether oxygens (including phenoxy) is 2. The summed E-state index contributed by atoms with van der Waals surface area (Å²) in [6.45, 7) is 1.09. The summed E-state index contributed by atoms with van der Waals surface area (Å²) in [5.41, 5.74) is 0.576. The smallest absolute Gasteiger partial charge is 0.253 e. The molecule has 2 heterocycles. The van der Waals surface area contributed by atoms with E-state index >= 15 is 0 Å². The molecule has 1 aliphatic carbocycles. The third-order valence-electron chi connectivity index (χ3n) is 6.08. The predicted octanol–water partition coefficient (Wildman–Crippen LogP) is 3.90. The summed E-state index contributed by atoms with van der Waals surface area (Å²) in [4.78, 5) is 31.4. The van der Waals surface area contributed by atoms with Crippen LogP contribution in [0, 0.1) is 5.92 Å². The van der Waals surface area contributed by atoms with Crippen LogP contribution in [0.2, 0.25) is 0 Å². The molecule has 164 valence electrons. The number of carbonyl (C=O) groups is 2. The minimum Gasteiger partial charge on any atom is -0.493 e. The van der Waals surface area contributed by atoms with Crippen LogP contribution in [0.1, 0.15) is 48.9 Å². The molecular weight excluding hydrogens is 394 g/mol. The number of likely N-dealkylation sites (tertiary alicyclic amines) is 1. The van der Waals surface area contributed by atoms with Gasteiger partial charge < -0.3 is 19.7 Å². The summed E-state index contributed by atoms with van der Waals surface area (Å²) in [6.07, 6.45) is 7.65. The molecule has 1 aliphatic heterocycles. The van der Waals surface area contributed by atoms with Gasteiger partial charge in [-0.25, -0.2) is 4.98 Å².